The molecule has 0 fully saturated rings. The van der Waals surface area contributed by atoms with Crippen molar-refractivity contribution >= 4 is 6.08 Å². The largest absolute Gasteiger partial charge is 0.0995 e. The molecule has 0 radical (unpaired) electrons. The lowest BCUT2D eigenvalue weighted by Crippen LogP contribution is -1.94. The Kier molecular flexibility index (Phi) is 10.4. The van der Waals surface area contributed by atoms with Gasteiger partial charge >= 0.3 is 0 Å². The third-order valence-electron chi connectivity index (χ3n) is 6.74. The Hall–Kier alpha value is -3.12. The van der Waals surface area contributed by atoms with E-state index >= 15 is 0 Å². The zero-order chi connectivity index (χ0) is 25.0. The lowest BCUT2D eigenvalue weighted by molar-refractivity contribution is 0.794. The van der Waals surface area contributed by atoms with Gasteiger partial charge in [-0.05, 0) is 92.2 Å². The third-order valence-corrected chi connectivity index (χ3v) is 6.74. The molecule has 3 aromatic carbocycles. The fourth-order valence-corrected chi connectivity index (χ4v) is 4.28. The van der Waals surface area contributed by atoms with Gasteiger partial charge in [-0.25, -0.2) is 0 Å². The smallest absolute Gasteiger partial charge is 0.00671 e. The van der Waals surface area contributed by atoms with Gasteiger partial charge in [0, 0.05) is 0 Å². The number of hydrogen-bond donors (Lipinski definition) is 0. The highest BCUT2D eigenvalue weighted by Gasteiger charge is 2.05. The van der Waals surface area contributed by atoms with Crippen LogP contribution >= 0.6 is 0 Å². The maximum atomic E-state index is 4.36. The van der Waals surface area contributed by atoms with Crippen molar-refractivity contribution in [2.75, 3.05) is 0 Å². The number of rotatable bonds is 13. The van der Waals surface area contributed by atoms with Crippen LogP contribution in [-0.4, -0.2) is 0 Å². The van der Waals surface area contributed by atoms with Crippen LogP contribution in [0.4, 0.5) is 0 Å². The summed E-state index contributed by atoms with van der Waals surface area (Å²) in [6.45, 7) is 15.1. The van der Waals surface area contributed by atoms with Crippen molar-refractivity contribution in [1.29, 1.82) is 0 Å². The summed E-state index contributed by atoms with van der Waals surface area (Å²) in [6.07, 6.45) is 11.1. The molecule has 182 valence electrons. The molecule has 3 rings (SSSR count). The van der Waals surface area contributed by atoms with Gasteiger partial charge in [0.1, 0.15) is 0 Å². The van der Waals surface area contributed by atoms with Gasteiger partial charge in [0.25, 0.3) is 0 Å². The molecule has 0 aliphatic carbocycles. The van der Waals surface area contributed by atoms with E-state index in [2.05, 4.69) is 113 Å². The minimum absolute atomic E-state index is 0.886. The van der Waals surface area contributed by atoms with E-state index in [0.29, 0.717) is 0 Å². The number of hydrogen-bond acceptors (Lipinski definition) is 0. The lowest BCUT2D eigenvalue weighted by Gasteiger charge is -2.11. The molecule has 0 saturated heterocycles. The number of unbranched alkanes of at least 4 members (excludes halogenated alkanes) is 1. The maximum Gasteiger partial charge on any atom is -0.00671 e. The van der Waals surface area contributed by atoms with Crippen molar-refractivity contribution in [2.24, 2.45) is 0 Å². The highest BCUT2D eigenvalue weighted by molar-refractivity contribution is 5.59. The van der Waals surface area contributed by atoms with Crippen LogP contribution < -0.4 is 0 Å². The lowest BCUT2D eigenvalue weighted by atomic mass is 9.94. The fraction of sp³-hybridized carbons (Fsp3) is 0.314. The molecular formula is C35H42. The van der Waals surface area contributed by atoms with Gasteiger partial charge in [-0.3, -0.25) is 0 Å². The molecule has 0 heteroatoms. The van der Waals surface area contributed by atoms with Crippen LogP contribution in [0.15, 0.2) is 103 Å². The van der Waals surface area contributed by atoms with Crippen LogP contribution in [0.2, 0.25) is 0 Å². The molecule has 0 unspecified atom stereocenters. The first-order valence-electron chi connectivity index (χ1n) is 13.2. The van der Waals surface area contributed by atoms with E-state index in [1.807, 2.05) is 0 Å². The van der Waals surface area contributed by atoms with Crippen LogP contribution in [0.25, 0.3) is 6.08 Å². The zero-order valence-electron chi connectivity index (χ0n) is 22.1. The fourth-order valence-electron chi connectivity index (χ4n) is 4.28. The summed E-state index contributed by atoms with van der Waals surface area (Å²) in [5.74, 6) is 0. The molecule has 0 atom stereocenters. The summed E-state index contributed by atoms with van der Waals surface area (Å²) >= 11 is 0. The molecule has 0 nitrogen and oxygen atoms in total. The van der Waals surface area contributed by atoms with E-state index in [9.17, 15) is 0 Å². The molecule has 0 heterocycles. The standard InChI is InChI=1S/C35H42/c1-6-7-8-30-15-17-32(18-16-30)19-20-33-21-23-34(24-22-33)26-35(27(2)3)25-29(5)11-14-31-12-9-28(4)10-13-31/h9-10,12-13,15-18,21-24,26H,2,5-8,11,14,19-20,25H2,1,3-4H3/b35-26+. The van der Waals surface area contributed by atoms with E-state index < -0.39 is 0 Å². The van der Waals surface area contributed by atoms with Gasteiger partial charge in [0.15, 0.2) is 0 Å². The predicted octanol–water partition coefficient (Wildman–Crippen LogP) is 9.66. The Morgan fingerprint density at radius 3 is 1.71 bits per heavy atom. The number of benzene rings is 3. The minimum Gasteiger partial charge on any atom is -0.0995 e. The molecular weight excluding hydrogens is 420 g/mol. The summed E-state index contributed by atoms with van der Waals surface area (Å²) in [7, 11) is 0. The highest BCUT2D eigenvalue weighted by Crippen LogP contribution is 2.23. The van der Waals surface area contributed by atoms with Crippen LogP contribution in [0.1, 0.15) is 72.9 Å². The Labute approximate surface area is 214 Å². The predicted molar refractivity (Wildman–Crippen MR) is 155 cm³/mol. The quantitative estimate of drug-likeness (QED) is 0.175. The molecule has 35 heavy (non-hydrogen) atoms. The van der Waals surface area contributed by atoms with Crippen molar-refractivity contribution in [1.82, 2.24) is 0 Å². The normalized spacial score (nSPS) is 11.5. The third kappa shape index (κ3) is 9.21. The zero-order valence-corrected chi connectivity index (χ0v) is 22.1. The second kappa shape index (κ2) is 13.7. The molecule has 0 spiro atoms. The molecule has 0 aliphatic heterocycles. The first kappa shape index (κ1) is 26.5. The second-order valence-corrected chi connectivity index (χ2v) is 10.0. The number of aryl methyl sites for hydroxylation is 5. The van der Waals surface area contributed by atoms with Gasteiger partial charge in [0.2, 0.25) is 0 Å². The Morgan fingerprint density at radius 2 is 1.17 bits per heavy atom. The van der Waals surface area contributed by atoms with Crippen LogP contribution in [0.3, 0.4) is 0 Å². The molecule has 0 aliphatic rings. The van der Waals surface area contributed by atoms with Crippen molar-refractivity contribution in [3.63, 3.8) is 0 Å². The minimum atomic E-state index is 0.886. The molecule has 0 saturated carbocycles. The Balaban J connectivity index is 1.53. The van der Waals surface area contributed by atoms with Gasteiger partial charge in [-0.1, -0.05) is 122 Å². The molecule has 0 amide bonds. The summed E-state index contributed by atoms with van der Waals surface area (Å²) < 4.78 is 0. The first-order chi connectivity index (χ1) is 16.9. The van der Waals surface area contributed by atoms with Crippen molar-refractivity contribution in [3.05, 3.63) is 136 Å². The molecule has 0 aromatic heterocycles. The summed E-state index contributed by atoms with van der Waals surface area (Å²) in [5, 5.41) is 0. The summed E-state index contributed by atoms with van der Waals surface area (Å²) in [4.78, 5) is 0. The monoisotopic (exact) mass is 462 g/mol. The van der Waals surface area contributed by atoms with Crippen molar-refractivity contribution < 1.29 is 0 Å². The van der Waals surface area contributed by atoms with Gasteiger partial charge in [0.05, 0.1) is 0 Å². The van der Waals surface area contributed by atoms with Crippen LogP contribution in [-0.2, 0) is 25.7 Å². The number of allylic oxidation sites excluding steroid dienone is 3. The average molecular weight is 463 g/mol. The van der Waals surface area contributed by atoms with Crippen molar-refractivity contribution in [2.45, 2.75) is 72.1 Å². The van der Waals surface area contributed by atoms with Crippen molar-refractivity contribution in [3.8, 4) is 0 Å². The van der Waals surface area contributed by atoms with E-state index in [1.54, 1.807) is 0 Å². The van der Waals surface area contributed by atoms with Crippen LogP contribution in [0.5, 0.6) is 0 Å². The molecule has 3 aromatic rings. The average Bonchev–Trinajstić information content (AvgIpc) is 2.87. The van der Waals surface area contributed by atoms with Gasteiger partial charge in [-0.2, -0.15) is 0 Å². The van der Waals surface area contributed by atoms with E-state index in [-0.39, 0.29) is 0 Å². The Bertz CT molecular complexity index is 1110. The molecule has 0 bridgehead atoms. The SMILES string of the molecule is C=C(CCc1ccc(C)cc1)C/C(=C\c1ccc(CCc2ccc(CCCC)cc2)cc1)C(=C)C. The summed E-state index contributed by atoms with van der Waals surface area (Å²) in [5.41, 5.74) is 11.8. The topological polar surface area (TPSA) is 0 Å². The second-order valence-electron chi connectivity index (χ2n) is 10.0. The Morgan fingerprint density at radius 1 is 0.686 bits per heavy atom. The van der Waals surface area contributed by atoms with Gasteiger partial charge in [-0.15, -0.1) is 0 Å². The van der Waals surface area contributed by atoms with Gasteiger partial charge < -0.3 is 0 Å². The maximum absolute atomic E-state index is 4.36. The van der Waals surface area contributed by atoms with E-state index in [0.717, 1.165) is 37.7 Å². The first-order valence-corrected chi connectivity index (χ1v) is 13.2. The van der Waals surface area contributed by atoms with E-state index in [4.69, 9.17) is 0 Å². The summed E-state index contributed by atoms with van der Waals surface area (Å²) in [6, 6.07) is 27.0. The highest BCUT2D eigenvalue weighted by atomic mass is 14.1. The van der Waals surface area contributed by atoms with E-state index in [1.165, 1.54) is 63.8 Å². The van der Waals surface area contributed by atoms with Crippen LogP contribution in [0, 0.1) is 6.92 Å². The molecule has 0 N–H and O–H groups in total.